The minimum absolute atomic E-state index is 0.101. The van der Waals surface area contributed by atoms with Crippen LogP contribution in [0.4, 0.5) is 0 Å². The molecule has 1 aliphatic carbocycles. The van der Waals surface area contributed by atoms with Crippen LogP contribution in [0, 0.1) is 12.3 Å². The molecule has 0 fully saturated rings. The van der Waals surface area contributed by atoms with E-state index in [-0.39, 0.29) is 17.8 Å². The third-order valence-electron chi connectivity index (χ3n) is 5.87. The standard InChI is InChI=1S/C25H34N6O3/c1-16-21(24(33)30-25(26)27)14-18-6-4-5-7-19(22(18)29-16)15-34-20-10-8-17(9-11-20)23(32)28-12-13-31(2)3/h8-11,14,19H,4-7,12-13,15H2,1-3H3,(H,28,32)(H4,26,27,30,33). The van der Waals surface area contributed by atoms with E-state index in [1.807, 2.05) is 37.2 Å². The van der Waals surface area contributed by atoms with Crippen LogP contribution in [0.1, 0.15) is 62.8 Å². The highest BCUT2D eigenvalue weighted by molar-refractivity contribution is 6.05. The smallest absolute Gasteiger partial charge is 0.259 e. The van der Waals surface area contributed by atoms with Gasteiger partial charge in [0.05, 0.1) is 23.6 Å². The lowest BCUT2D eigenvalue weighted by Gasteiger charge is -2.19. The Labute approximate surface area is 200 Å². The molecular formula is C25H34N6O3. The topological polar surface area (TPSA) is 133 Å². The number of likely N-dealkylation sites (N-methyl/N-ethyl adjacent to an activating group) is 1. The van der Waals surface area contributed by atoms with E-state index in [0.29, 0.717) is 35.7 Å². The number of aryl methyl sites for hydroxylation is 2. The monoisotopic (exact) mass is 466 g/mol. The third kappa shape index (κ3) is 6.77. The van der Waals surface area contributed by atoms with E-state index < -0.39 is 5.91 Å². The number of benzene rings is 1. The summed E-state index contributed by atoms with van der Waals surface area (Å²) >= 11 is 0. The molecule has 9 nitrogen and oxygen atoms in total. The van der Waals surface area contributed by atoms with Crippen molar-refractivity contribution in [2.24, 2.45) is 5.73 Å². The van der Waals surface area contributed by atoms with E-state index in [1.165, 1.54) is 0 Å². The first-order valence-electron chi connectivity index (χ1n) is 11.6. The molecule has 5 N–H and O–H groups in total. The Balaban J connectivity index is 1.66. The van der Waals surface area contributed by atoms with Crippen molar-refractivity contribution in [2.45, 2.75) is 38.5 Å². The Kier molecular flexibility index (Phi) is 8.59. The van der Waals surface area contributed by atoms with Gasteiger partial charge in [-0.15, -0.1) is 0 Å². The fraction of sp³-hybridized carbons (Fsp3) is 0.440. The van der Waals surface area contributed by atoms with Gasteiger partial charge in [-0.05, 0) is 76.2 Å². The van der Waals surface area contributed by atoms with Crippen LogP contribution in [0.3, 0.4) is 0 Å². The molecule has 0 radical (unpaired) electrons. The molecule has 3 rings (SSSR count). The second-order valence-corrected chi connectivity index (χ2v) is 8.87. The average Bonchev–Trinajstić information content (AvgIpc) is 2.98. The average molecular weight is 467 g/mol. The van der Waals surface area contributed by atoms with Crippen molar-refractivity contribution >= 4 is 17.8 Å². The van der Waals surface area contributed by atoms with E-state index in [2.05, 4.69) is 10.6 Å². The maximum Gasteiger partial charge on any atom is 0.259 e. The lowest BCUT2D eigenvalue weighted by Crippen LogP contribution is -2.36. The number of nitrogens with two attached hydrogens (primary N) is 1. The predicted molar refractivity (Wildman–Crippen MR) is 131 cm³/mol. The van der Waals surface area contributed by atoms with Crippen LogP contribution in [0.15, 0.2) is 30.3 Å². The second kappa shape index (κ2) is 11.6. The molecule has 182 valence electrons. The number of carbonyl (C=O) groups is 2. The molecule has 1 aromatic carbocycles. The predicted octanol–water partition coefficient (Wildman–Crippen LogP) is 2.19. The van der Waals surface area contributed by atoms with Gasteiger partial charge >= 0.3 is 0 Å². The molecule has 0 saturated heterocycles. The Morgan fingerprint density at radius 2 is 1.94 bits per heavy atom. The highest BCUT2D eigenvalue weighted by atomic mass is 16.5. The van der Waals surface area contributed by atoms with Gasteiger partial charge in [0.25, 0.3) is 11.8 Å². The number of nitrogens with zero attached hydrogens (tertiary/aromatic N) is 2. The van der Waals surface area contributed by atoms with Gasteiger partial charge in [-0.25, -0.2) is 0 Å². The molecule has 0 bridgehead atoms. The van der Waals surface area contributed by atoms with Crippen LogP contribution in [0.25, 0.3) is 0 Å². The molecule has 2 amide bonds. The van der Waals surface area contributed by atoms with E-state index in [1.54, 1.807) is 19.1 Å². The Morgan fingerprint density at radius 1 is 1.21 bits per heavy atom. The van der Waals surface area contributed by atoms with E-state index >= 15 is 0 Å². The Morgan fingerprint density at radius 3 is 2.62 bits per heavy atom. The summed E-state index contributed by atoms with van der Waals surface area (Å²) in [6, 6.07) is 9.03. The maximum absolute atomic E-state index is 12.4. The number of hydrogen-bond donors (Lipinski definition) is 4. The van der Waals surface area contributed by atoms with Crippen LogP contribution >= 0.6 is 0 Å². The second-order valence-electron chi connectivity index (χ2n) is 8.87. The number of guanidine groups is 1. The minimum atomic E-state index is -0.414. The van der Waals surface area contributed by atoms with Crippen molar-refractivity contribution in [1.82, 2.24) is 20.5 Å². The number of fused-ring (bicyclic) bond motifs is 1. The number of pyridine rings is 1. The lowest BCUT2D eigenvalue weighted by molar-refractivity contribution is 0.0948. The third-order valence-corrected chi connectivity index (χ3v) is 5.87. The molecule has 1 atom stereocenters. The summed E-state index contributed by atoms with van der Waals surface area (Å²) in [6.45, 7) is 3.63. The van der Waals surface area contributed by atoms with Crippen molar-refractivity contribution in [1.29, 1.82) is 5.41 Å². The molecule has 1 heterocycles. The van der Waals surface area contributed by atoms with Gasteiger partial charge in [0.15, 0.2) is 5.96 Å². The summed E-state index contributed by atoms with van der Waals surface area (Å²) < 4.78 is 6.07. The molecule has 0 spiro atoms. The molecule has 2 aromatic rings. The van der Waals surface area contributed by atoms with Crippen LogP contribution < -0.4 is 21.1 Å². The van der Waals surface area contributed by atoms with Gasteiger partial charge in [-0.3, -0.25) is 25.3 Å². The first-order chi connectivity index (χ1) is 16.2. The summed E-state index contributed by atoms with van der Waals surface area (Å²) in [5, 5.41) is 12.5. The molecule has 1 unspecified atom stereocenters. The molecule has 1 aromatic heterocycles. The quantitative estimate of drug-likeness (QED) is 0.268. The Hall–Kier alpha value is -3.46. The van der Waals surface area contributed by atoms with Gasteiger partial charge in [0, 0.05) is 24.6 Å². The van der Waals surface area contributed by atoms with Crippen LogP contribution in [0.5, 0.6) is 5.75 Å². The number of aromatic nitrogens is 1. The SMILES string of the molecule is Cc1nc2c(cc1C(=O)NC(=N)N)CCCCC2COc1ccc(C(=O)NCCN(C)C)cc1. The summed E-state index contributed by atoms with van der Waals surface area (Å²) in [6.07, 6.45) is 3.85. The largest absolute Gasteiger partial charge is 0.493 e. The zero-order valence-electron chi connectivity index (χ0n) is 20.1. The number of amides is 2. The van der Waals surface area contributed by atoms with E-state index in [0.717, 1.165) is 43.5 Å². The maximum atomic E-state index is 12.4. The van der Waals surface area contributed by atoms with Gasteiger partial charge in [-0.2, -0.15) is 0 Å². The number of hydrogen-bond acceptors (Lipinski definition) is 6. The fourth-order valence-corrected chi connectivity index (χ4v) is 4.04. The van der Waals surface area contributed by atoms with Crippen LogP contribution in [-0.4, -0.2) is 61.4 Å². The first-order valence-corrected chi connectivity index (χ1v) is 11.6. The van der Waals surface area contributed by atoms with E-state index in [4.69, 9.17) is 20.9 Å². The zero-order valence-corrected chi connectivity index (χ0v) is 20.1. The Bertz CT molecular complexity index is 1040. The molecule has 9 heteroatoms. The van der Waals surface area contributed by atoms with Crippen molar-refractivity contribution in [3.05, 3.63) is 58.4 Å². The number of nitrogens with one attached hydrogen (secondary N) is 3. The zero-order chi connectivity index (χ0) is 24.7. The molecule has 1 aliphatic rings. The van der Waals surface area contributed by atoms with Crippen LogP contribution in [0.2, 0.25) is 0 Å². The lowest BCUT2D eigenvalue weighted by atomic mass is 9.96. The highest BCUT2D eigenvalue weighted by Gasteiger charge is 2.24. The van der Waals surface area contributed by atoms with Crippen molar-refractivity contribution in [3.63, 3.8) is 0 Å². The van der Waals surface area contributed by atoms with Crippen LogP contribution in [-0.2, 0) is 6.42 Å². The number of rotatable bonds is 8. The highest BCUT2D eigenvalue weighted by Crippen LogP contribution is 2.31. The number of carbonyl (C=O) groups excluding carboxylic acids is 2. The van der Waals surface area contributed by atoms with Crippen molar-refractivity contribution in [3.8, 4) is 5.75 Å². The molecule has 34 heavy (non-hydrogen) atoms. The summed E-state index contributed by atoms with van der Waals surface area (Å²) in [7, 11) is 3.93. The summed E-state index contributed by atoms with van der Waals surface area (Å²) in [4.78, 5) is 31.4. The summed E-state index contributed by atoms with van der Waals surface area (Å²) in [5.74, 6) is -0.0961. The van der Waals surface area contributed by atoms with Gasteiger partial charge in [0.1, 0.15) is 5.75 Å². The van der Waals surface area contributed by atoms with Gasteiger partial charge in [-0.1, -0.05) is 6.42 Å². The van der Waals surface area contributed by atoms with Crippen molar-refractivity contribution in [2.75, 3.05) is 33.8 Å². The van der Waals surface area contributed by atoms with E-state index in [9.17, 15) is 9.59 Å². The molecule has 0 aliphatic heterocycles. The fourth-order valence-electron chi connectivity index (χ4n) is 4.04. The minimum Gasteiger partial charge on any atom is -0.493 e. The molecule has 0 saturated carbocycles. The summed E-state index contributed by atoms with van der Waals surface area (Å²) in [5.41, 5.74) is 8.95. The normalized spacial score (nSPS) is 15.2. The van der Waals surface area contributed by atoms with Gasteiger partial charge < -0.3 is 20.7 Å². The van der Waals surface area contributed by atoms with Crippen molar-refractivity contribution < 1.29 is 14.3 Å². The first kappa shape index (κ1) is 25.2. The number of ether oxygens (including phenoxy) is 1. The molecular weight excluding hydrogens is 432 g/mol. The van der Waals surface area contributed by atoms with Gasteiger partial charge in [0.2, 0.25) is 0 Å².